The second-order valence-corrected chi connectivity index (χ2v) is 5.57. The predicted octanol–water partition coefficient (Wildman–Crippen LogP) is 1.76. The monoisotopic (exact) mass is 262 g/mol. The Morgan fingerprint density at radius 1 is 1.37 bits per heavy atom. The number of carbonyl (C=O) groups excluding carboxylic acids is 1. The number of hydrogen-bond donors (Lipinski definition) is 1. The lowest BCUT2D eigenvalue weighted by atomic mass is 10.0. The average molecular weight is 262 g/mol. The molecule has 2 N–H and O–H groups in total. The van der Waals surface area contributed by atoms with Crippen molar-refractivity contribution in [1.82, 2.24) is 4.90 Å². The Morgan fingerprint density at radius 3 is 2.53 bits per heavy atom. The molecule has 0 saturated heterocycles. The standard InChI is InChI=1S/C15H22N2O2/c1-10-8-13(19-4)11(2)7-12(10)9-17(3)14(18)15(16)5-6-15/h7-8H,5-6,9,16H2,1-4H3. The van der Waals surface area contributed by atoms with Crippen LogP contribution in [0.1, 0.15) is 29.5 Å². The number of rotatable bonds is 4. The Labute approximate surface area is 114 Å². The molecule has 1 aromatic carbocycles. The molecule has 0 atom stereocenters. The van der Waals surface area contributed by atoms with Crippen LogP contribution in [0.5, 0.6) is 5.75 Å². The van der Waals surface area contributed by atoms with Crippen molar-refractivity contribution in [3.8, 4) is 5.75 Å². The van der Waals surface area contributed by atoms with Gasteiger partial charge in [0.1, 0.15) is 5.75 Å². The summed E-state index contributed by atoms with van der Waals surface area (Å²) in [6, 6.07) is 4.09. The highest BCUT2D eigenvalue weighted by molar-refractivity contribution is 5.88. The molecule has 0 aromatic heterocycles. The second-order valence-electron chi connectivity index (χ2n) is 5.57. The van der Waals surface area contributed by atoms with Crippen molar-refractivity contribution < 1.29 is 9.53 Å². The van der Waals surface area contributed by atoms with Crippen molar-refractivity contribution in [2.45, 2.75) is 38.8 Å². The summed E-state index contributed by atoms with van der Waals surface area (Å²) in [5.74, 6) is 0.924. The maximum Gasteiger partial charge on any atom is 0.242 e. The smallest absolute Gasteiger partial charge is 0.242 e. The summed E-state index contributed by atoms with van der Waals surface area (Å²) in [4.78, 5) is 13.9. The third-order valence-corrected chi connectivity index (χ3v) is 3.82. The first-order valence-electron chi connectivity index (χ1n) is 6.56. The minimum absolute atomic E-state index is 0.0420. The molecule has 1 saturated carbocycles. The zero-order chi connectivity index (χ0) is 14.2. The van der Waals surface area contributed by atoms with Gasteiger partial charge < -0.3 is 15.4 Å². The van der Waals surface area contributed by atoms with E-state index in [1.54, 1.807) is 12.0 Å². The lowest BCUT2D eigenvalue weighted by molar-refractivity contribution is -0.132. The van der Waals surface area contributed by atoms with Gasteiger partial charge >= 0.3 is 0 Å². The van der Waals surface area contributed by atoms with E-state index in [1.165, 1.54) is 0 Å². The number of methoxy groups -OCH3 is 1. The number of ether oxygens (including phenoxy) is 1. The molecule has 1 aliphatic carbocycles. The van der Waals surface area contributed by atoms with Gasteiger partial charge in [-0.25, -0.2) is 0 Å². The van der Waals surface area contributed by atoms with Crippen LogP contribution in [0.15, 0.2) is 12.1 Å². The highest BCUT2D eigenvalue weighted by Gasteiger charge is 2.47. The van der Waals surface area contributed by atoms with Crippen LogP contribution in [0.2, 0.25) is 0 Å². The number of likely N-dealkylation sites (N-methyl/N-ethyl adjacent to an activating group) is 1. The number of carbonyl (C=O) groups is 1. The van der Waals surface area contributed by atoms with E-state index in [2.05, 4.69) is 6.07 Å². The fraction of sp³-hybridized carbons (Fsp3) is 0.533. The Morgan fingerprint density at radius 2 is 2.00 bits per heavy atom. The Balaban J connectivity index is 2.15. The topological polar surface area (TPSA) is 55.6 Å². The predicted molar refractivity (Wildman–Crippen MR) is 75.1 cm³/mol. The fourth-order valence-corrected chi connectivity index (χ4v) is 2.30. The number of nitrogens with zero attached hydrogens (tertiary/aromatic N) is 1. The molecule has 104 valence electrons. The molecule has 1 fully saturated rings. The van der Waals surface area contributed by atoms with Crippen molar-refractivity contribution in [2.24, 2.45) is 5.73 Å². The molecular formula is C15H22N2O2. The fourth-order valence-electron chi connectivity index (χ4n) is 2.30. The lowest BCUT2D eigenvalue weighted by Crippen LogP contribution is -2.43. The van der Waals surface area contributed by atoms with Crippen LogP contribution in [-0.4, -0.2) is 30.5 Å². The maximum absolute atomic E-state index is 12.1. The van der Waals surface area contributed by atoms with Crippen molar-refractivity contribution in [3.63, 3.8) is 0 Å². The molecule has 0 aliphatic heterocycles. The number of aryl methyl sites for hydroxylation is 2. The zero-order valence-corrected chi connectivity index (χ0v) is 12.1. The van der Waals surface area contributed by atoms with E-state index in [1.807, 2.05) is 27.0 Å². The maximum atomic E-state index is 12.1. The minimum Gasteiger partial charge on any atom is -0.496 e. The van der Waals surface area contributed by atoms with E-state index in [0.717, 1.165) is 35.3 Å². The lowest BCUT2D eigenvalue weighted by Gasteiger charge is -2.22. The summed E-state index contributed by atoms with van der Waals surface area (Å²) < 4.78 is 5.30. The largest absolute Gasteiger partial charge is 0.496 e. The van der Waals surface area contributed by atoms with Gasteiger partial charge in [0.15, 0.2) is 0 Å². The first-order chi connectivity index (χ1) is 8.87. The van der Waals surface area contributed by atoms with Gasteiger partial charge in [-0.1, -0.05) is 6.07 Å². The summed E-state index contributed by atoms with van der Waals surface area (Å²) in [5.41, 5.74) is 8.70. The van der Waals surface area contributed by atoms with Crippen LogP contribution in [0.4, 0.5) is 0 Å². The van der Waals surface area contributed by atoms with Crippen LogP contribution in [0.25, 0.3) is 0 Å². The molecule has 0 heterocycles. The first-order valence-corrected chi connectivity index (χ1v) is 6.56. The van der Waals surface area contributed by atoms with E-state index in [0.29, 0.717) is 6.54 Å². The zero-order valence-electron chi connectivity index (χ0n) is 12.1. The summed E-state index contributed by atoms with van der Waals surface area (Å²) in [6.45, 7) is 4.63. The van der Waals surface area contributed by atoms with Gasteiger partial charge in [-0.3, -0.25) is 4.79 Å². The van der Waals surface area contributed by atoms with Crippen molar-refractivity contribution in [2.75, 3.05) is 14.2 Å². The Bertz CT molecular complexity index is 507. The van der Waals surface area contributed by atoms with E-state index >= 15 is 0 Å². The van der Waals surface area contributed by atoms with Gasteiger partial charge in [-0.05, 0) is 49.4 Å². The second kappa shape index (κ2) is 4.85. The van der Waals surface area contributed by atoms with Crippen molar-refractivity contribution in [1.29, 1.82) is 0 Å². The molecule has 1 aromatic rings. The molecule has 0 unspecified atom stereocenters. The van der Waals surface area contributed by atoms with Gasteiger partial charge in [-0.2, -0.15) is 0 Å². The third kappa shape index (κ3) is 2.73. The summed E-state index contributed by atoms with van der Waals surface area (Å²) in [6.07, 6.45) is 1.60. The van der Waals surface area contributed by atoms with Gasteiger partial charge in [0, 0.05) is 13.6 Å². The third-order valence-electron chi connectivity index (χ3n) is 3.82. The van der Waals surface area contributed by atoms with Crippen molar-refractivity contribution in [3.05, 3.63) is 28.8 Å². The number of amides is 1. The van der Waals surface area contributed by atoms with Gasteiger partial charge in [0.2, 0.25) is 5.91 Å². The molecule has 2 rings (SSSR count). The van der Waals surface area contributed by atoms with Gasteiger partial charge in [0.05, 0.1) is 12.6 Å². The van der Waals surface area contributed by atoms with Gasteiger partial charge in [0.25, 0.3) is 0 Å². The summed E-state index contributed by atoms with van der Waals surface area (Å²) >= 11 is 0. The van der Waals surface area contributed by atoms with Crippen LogP contribution in [-0.2, 0) is 11.3 Å². The highest BCUT2D eigenvalue weighted by atomic mass is 16.5. The van der Waals surface area contributed by atoms with E-state index in [-0.39, 0.29) is 5.91 Å². The Kier molecular flexibility index (Phi) is 3.54. The van der Waals surface area contributed by atoms with Crippen LogP contribution >= 0.6 is 0 Å². The van der Waals surface area contributed by atoms with Gasteiger partial charge in [-0.15, -0.1) is 0 Å². The van der Waals surface area contributed by atoms with Crippen molar-refractivity contribution >= 4 is 5.91 Å². The molecule has 19 heavy (non-hydrogen) atoms. The summed E-state index contributed by atoms with van der Waals surface area (Å²) in [7, 11) is 3.48. The number of benzene rings is 1. The molecule has 4 heteroatoms. The van der Waals surface area contributed by atoms with E-state index in [9.17, 15) is 4.79 Å². The summed E-state index contributed by atoms with van der Waals surface area (Å²) in [5, 5.41) is 0. The quantitative estimate of drug-likeness (QED) is 0.899. The normalized spacial score (nSPS) is 16.1. The molecule has 1 aliphatic rings. The minimum atomic E-state index is -0.593. The number of hydrogen-bond acceptors (Lipinski definition) is 3. The Hall–Kier alpha value is -1.55. The average Bonchev–Trinajstić information content (AvgIpc) is 3.11. The molecule has 0 bridgehead atoms. The van der Waals surface area contributed by atoms with Crippen LogP contribution in [0, 0.1) is 13.8 Å². The molecule has 1 amide bonds. The molecular weight excluding hydrogens is 240 g/mol. The molecule has 0 spiro atoms. The van der Waals surface area contributed by atoms with Crippen LogP contribution in [0.3, 0.4) is 0 Å². The van der Waals surface area contributed by atoms with E-state index < -0.39 is 5.54 Å². The molecule has 0 radical (unpaired) electrons. The number of nitrogens with two attached hydrogens (primary N) is 1. The van der Waals surface area contributed by atoms with Crippen LogP contribution < -0.4 is 10.5 Å². The first kappa shape index (κ1) is 13.9. The molecule has 4 nitrogen and oxygen atoms in total. The SMILES string of the molecule is COc1cc(C)c(CN(C)C(=O)C2(N)CC2)cc1C. The highest BCUT2D eigenvalue weighted by Crippen LogP contribution is 2.34. The van der Waals surface area contributed by atoms with E-state index in [4.69, 9.17) is 10.5 Å².